The third-order valence-electron chi connectivity index (χ3n) is 7.12. The summed E-state index contributed by atoms with van der Waals surface area (Å²) in [6, 6.07) is 13.4. The van der Waals surface area contributed by atoms with Crippen LogP contribution in [0.15, 0.2) is 47.4 Å². The lowest BCUT2D eigenvalue weighted by molar-refractivity contribution is 0.145. The second kappa shape index (κ2) is 11.1. The van der Waals surface area contributed by atoms with Crippen molar-refractivity contribution in [2.75, 3.05) is 52.9 Å². The molecule has 182 valence electrons. The van der Waals surface area contributed by atoms with E-state index in [4.69, 9.17) is 4.74 Å². The highest BCUT2D eigenvalue weighted by molar-refractivity contribution is 7.97. The van der Waals surface area contributed by atoms with Crippen molar-refractivity contribution < 1.29 is 9.13 Å². The smallest absolute Gasteiger partial charge is 0.123 e. The van der Waals surface area contributed by atoms with Crippen molar-refractivity contribution in [2.24, 2.45) is 5.92 Å². The molecule has 0 spiro atoms. The Morgan fingerprint density at radius 2 is 1.94 bits per heavy atom. The second-order valence-corrected chi connectivity index (χ2v) is 10.6. The first-order valence-corrected chi connectivity index (χ1v) is 13.3. The number of hydrogen-bond donors (Lipinski definition) is 2. The van der Waals surface area contributed by atoms with Gasteiger partial charge in [-0.1, -0.05) is 0 Å². The lowest BCUT2D eigenvalue weighted by Gasteiger charge is -2.32. The van der Waals surface area contributed by atoms with Crippen LogP contribution in [0.4, 0.5) is 4.39 Å². The van der Waals surface area contributed by atoms with Crippen molar-refractivity contribution in [3.05, 3.63) is 59.5 Å². The van der Waals surface area contributed by atoms with E-state index in [1.165, 1.54) is 35.3 Å². The Hall–Kier alpha value is -2.06. The molecule has 2 N–H and O–H groups in total. The zero-order valence-electron chi connectivity index (χ0n) is 20.0. The summed E-state index contributed by atoms with van der Waals surface area (Å²) >= 11 is 1.68. The molecule has 7 heteroatoms. The fourth-order valence-corrected chi connectivity index (χ4v) is 5.79. The Kier molecular flexibility index (Phi) is 7.74. The Balaban J connectivity index is 1.02. The number of fused-ring (bicyclic) bond motifs is 3. The molecule has 2 aliphatic rings. The van der Waals surface area contributed by atoms with Gasteiger partial charge in [0.05, 0.1) is 6.61 Å². The first kappa shape index (κ1) is 23.7. The Bertz CT molecular complexity index is 1080. The van der Waals surface area contributed by atoms with Crippen LogP contribution in [0.2, 0.25) is 0 Å². The average Bonchev–Trinajstić information content (AvgIpc) is 3.21. The largest absolute Gasteiger partial charge is 0.494 e. The molecule has 34 heavy (non-hydrogen) atoms. The molecule has 5 rings (SSSR count). The number of rotatable bonds is 9. The molecule has 2 heterocycles. The molecule has 1 unspecified atom stereocenters. The number of piperazine rings is 1. The number of halogens is 1. The standard InChI is InChI=1S/C27H35FN4OS/c1-31-12-14-32(15-13-31)11-2-16-33-22-5-7-23(8-6-22)34-29-19-20-3-9-26-24(17-20)25-18-21(28)4-10-27(25)30-26/h4-8,10,18,20,29-30H,2-3,9,11-17,19H2,1H3. The summed E-state index contributed by atoms with van der Waals surface area (Å²) in [7, 11) is 2.19. The zero-order valence-corrected chi connectivity index (χ0v) is 20.8. The number of aromatic amines is 1. The molecular weight excluding hydrogens is 447 g/mol. The Morgan fingerprint density at radius 3 is 2.76 bits per heavy atom. The number of H-pyrrole nitrogens is 1. The highest BCUT2D eigenvalue weighted by Gasteiger charge is 2.22. The summed E-state index contributed by atoms with van der Waals surface area (Å²) in [5.74, 6) is 1.34. The summed E-state index contributed by atoms with van der Waals surface area (Å²) in [5, 5.41) is 1.05. The van der Waals surface area contributed by atoms with Gasteiger partial charge in [0.1, 0.15) is 11.6 Å². The highest BCUT2D eigenvalue weighted by Crippen LogP contribution is 2.32. The number of nitrogens with one attached hydrogen (secondary N) is 2. The molecule has 2 aromatic carbocycles. The van der Waals surface area contributed by atoms with Crippen molar-refractivity contribution in [3.63, 3.8) is 0 Å². The number of benzene rings is 2. The maximum absolute atomic E-state index is 13.7. The van der Waals surface area contributed by atoms with Crippen LogP contribution in [-0.4, -0.2) is 67.7 Å². The molecule has 1 aliphatic carbocycles. The minimum atomic E-state index is -0.160. The van der Waals surface area contributed by atoms with Crippen LogP contribution in [0.3, 0.4) is 0 Å². The maximum Gasteiger partial charge on any atom is 0.123 e. The van der Waals surface area contributed by atoms with Crippen LogP contribution in [0.1, 0.15) is 24.1 Å². The lowest BCUT2D eigenvalue weighted by Crippen LogP contribution is -2.44. The van der Waals surface area contributed by atoms with Gasteiger partial charge in [0.15, 0.2) is 0 Å². The monoisotopic (exact) mass is 482 g/mol. The molecule has 1 aromatic heterocycles. The lowest BCUT2D eigenvalue weighted by atomic mass is 9.86. The van der Waals surface area contributed by atoms with Crippen LogP contribution in [0.25, 0.3) is 10.9 Å². The highest BCUT2D eigenvalue weighted by atomic mass is 32.2. The van der Waals surface area contributed by atoms with Crippen LogP contribution in [-0.2, 0) is 12.8 Å². The van der Waals surface area contributed by atoms with E-state index in [1.54, 1.807) is 18.0 Å². The molecule has 1 saturated heterocycles. The van der Waals surface area contributed by atoms with Crippen molar-refractivity contribution in [1.29, 1.82) is 0 Å². The molecule has 1 fully saturated rings. The molecule has 0 bridgehead atoms. The number of aromatic nitrogens is 1. The van der Waals surface area contributed by atoms with Crippen LogP contribution in [0, 0.1) is 11.7 Å². The molecular formula is C27H35FN4OS. The fourth-order valence-electron chi connectivity index (χ4n) is 5.03. The summed E-state index contributed by atoms with van der Waals surface area (Å²) in [6.45, 7) is 7.48. The van der Waals surface area contributed by atoms with E-state index in [2.05, 4.69) is 50.8 Å². The Morgan fingerprint density at radius 1 is 1.12 bits per heavy atom. The topological polar surface area (TPSA) is 43.5 Å². The van der Waals surface area contributed by atoms with E-state index in [1.807, 2.05) is 6.07 Å². The number of hydrogen-bond acceptors (Lipinski definition) is 5. The predicted octanol–water partition coefficient (Wildman–Crippen LogP) is 4.73. The number of likely N-dealkylation sites (N-methyl/N-ethyl adjacent to an activating group) is 1. The zero-order chi connectivity index (χ0) is 23.3. The molecule has 3 aromatic rings. The first-order valence-electron chi connectivity index (χ1n) is 12.5. The maximum atomic E-state index is 13.7. The number of ether oxygens (including phenoxy) is 1. The van der Waals surface area contributed by atoms with Crippen LogP contribution < -0.4 is 9.46 Å². The molecule has 0 amide bonds. The fraction of sp³-hybridized carbons (Fsp3) is 0.481. The van der Waals surface area contributed by atoms with Crippen molar-refractivity contribution in [3.8, 4) is 5.75 Å². The van der Waals surface area contributed by atoms with Gasteiger partial charge < -0.3 is 19.5 Å². The van der Waals surface area contributed by atoms with Gasteiger partial charge in [-0.2, -0.15) is 0 Å². The minimum absolute atomic E-state index is 0.160. The van der Waals surface area contributed by atoms with Crippen molar-refractivity contribution >= 4 is 22.9 Å². The van der Waals surface area contributed by atoms with E-state index in [0.717, 1.165) is 75.1 Å². The van der Waals surface area contributed by atoms with Gasteiger partial charge >= 0.3 is 0 Å². The van der Waals surface area contributed by atoms with Crippen molar-refractivity contribution in [1.82, 2.24) is 19.5 Å². The van der Waals surface area contributed by atoms with E-state index >= 15 is 0 Å². The molecule has 0 radical (unpaired) electrons. The van der Waals surface area contributed by atoms with Gasteiger partial charge in [0.25, 0.3) is 0 Å². The third-order valence-corrected chi connectivity index (χ3v) is 7.94. The van der Waals surface area contributed by atoms with Gasteiger partial charge in [-0.25, -0.2) is 4.39 Å². The third kappa shape index (κ3) is 5.95. The predicted molar refractivity (Wildman–Crippen MR) is 138 cm³/mol. The normalized spacial score (nSPS) is 19.4. The molecule has 1 atom stereocenters. The van der Waals surface area contributed by atoms with E-state index in [0.29, 0.717) is 5.92 Å². The van der Waals surface area contributed by atoms with Gasteiger partial charge in [-0.15, -0.1) is 0 Å². The van der Waals surface area contributed by atoms with Gasteiger partial charge in [-0.3, -0.25) is 4.72 Å². The molecule has 0 saturated carbocycles. The minimum Gasteiger partial charge on any atom is -0.494 e. The summed E-state index contributed by atoms with van der Waals surface area (Å²) in [6.07, 6.45) is 4.24. The van der Waals surface area contributed by atoms with Crippen LogP contribution >= 0.6 is 11.9 Å². The Labute approximate surface area is 206 Å². The molecule has 1 aliphatic heterocycles. The van der Waals surface area contributed by atoms with Gasteiger partial charge in [0.2, 0.25) is 0 Å². The van der Waals surface area contributed by atoms with Gasteiger partial charge in [0, 0.05) is 60.8 Å². The average molecular weight is 483 g/mol. The summed E-state index contributed by atoms with van der Waals surface area (Å²) < 4.78 is 23.2. The summed E-state index contributed by atoms with van der Waals surface area (Å²) in [4.78, 5) is 9.58. The molecule has 5 nitrogen and oxygen atoms in total. The number of nitrogens with zero attached hydrogens (tertiary/aromatic N) is 2. The van der Waals surface area contributed by atoms with E-state index < -0.39 is 0 Å². The van der Waals surface area contributed by atoms with Crippen LogP contribution in [0.5, 0.6) is 5.75 Å². The van der Waals surface area contributed by atoms with Gasteiger partial charge in [-0.05, 0) is 98.6 Å². The van der Waals surface area contributed by atoms with Crippen molar-refractivity contribution in [2.45, 2.75) is 30.6 Å². The summed E-state index contributed by atoms with van der Waals surface area (Å²) in [5.41, 5.74) is 3.63. The SMILES string of the molecule is CN1CCN(CCCOc2ccc(SNCC3CCc4[nH]c5ccc(F)cc5c4C3)cc2)CC1. The van der Waals surface area contributed by atoms with E-state index in [-0.39, 0.29) is 5.82 Å². The quantitative estimate of drug-likeness (QED) is 0.341. The number of aryl methyl sites for hydroxylation is 1. The van der Waals surface area contributed by atoms with E-state index in [9.17, 15) is 4.39 Å². The second-order valence-electron chi connectivity index (χ2n) is 9.65. The first-order chi connectivity index (χ1) is 16.6.